The summed E-state index contributed by atoms with van der Waals surface area (Å²) in [5.41, 5.74) is 1.99. The van der Waals surface area contributed by atoms with Gasteiger partial charge in [0, 0.05) is 12.5 Å². The van der Waals surface area contributed by atoms with Crippen molar-refractivity contribution in [3.05, 3.63) is 66.4 Å². The van der Waals surface area contributed by atoms with Gasteiger partial charge in [0.25, 0.3) is 0 Å². The zero-order valence-corrected chi connectivity index (χ0v) is 17.2. The molecule has 145 valence electrons. The van der Waals surface area contributed by atoms with Gasteiger partial charge in [-0.05, 0) is 52.0 Å². The smallest absolute Gasteiger partial charge is 0.330 e. The fourth-order valence-electron chi connectivity index (χ4n) is 2.59. The van der Waals surface area contributed by atoms with Crippen LogP contribution in [0.2, 0.25) is 0 Å². The Bertz CT molecular complexity index is 923. The summed E-state index contributed by atoms with van der Waals surface area (Å²) in [4.78, 5) is 4.63. The van der Waals surface area contributed by atoms with E-state index in [2.05, 4.69) is 17.1 Å². The van der Waals surface area contributed by atoms with Gasteiger partial charge >= 0.3 is 7.48 Å². The fourth-order valence-corrected chi connectivity index (χ4v) is 2.59. The summed E-state index contributed by atoms with van der Waals surface area (Å²) >= 11 is 0. The summed E-state index contributed by atoms with van der Waals surface area (Å²) in [6.45, 7) is 8.48. The molecule has 0 aliphatic rings. The van der Waals surface area contributed by atoms with E-state index in [4.69, 9.17) is 14.1 Å². The molecule has 0 unspecified atom stereocenters. The highest BCUT2D eigenvalue weighted by atomic mass is 16.5. The number of hydrogen-bond acceptors (Lipinski definition) is 4. The van der Waals surface area contributed by atoms with E-state index >= 15 is 0 Å². The third-order valence-corrected chi connectivity index (χ3v) is 5.37. The number of rotatable bonds is 8. The van der Waals surface area contributed by atoms with Crippen molar-refractivity contribution in [1.29, 1.82) is 0 Å². The molecule has 0 saturated heterocycles. The molecule has 1 aromatic heterocycles. The fraction of sp³-hybridized carbons (Fsp3) is 0.348. The van der Waals surface area contributed by atoms with Crippen LogP contribution in [-0.4, -0.2) is 30.8 Å². The van der Waals surface area contributed by atoms with Crippen LogP contribution < -0.4 is 10.2 Å². The molecule has 0 aliphatic heterocycles. The number of fused-ring (bicyclic) bond motifs is 1. The van der Waals surface area contributed by atoms with Gasteiger partial charge in [0.2, 0.25) is 0 Å². The molecule has 0 aliphatic carbocycles. The summed E-state index contributed by atoms with van der Waals surface area (Å²) < 4.78 is 17.4. The summed E-state index contributed by atoms with van der Waals surface area (Å²) in [5.74, 6) is 0.795. The van der Waals surface area contributed by atoms with Crippen LogP contribution in [0, 0.1) is 0 Å². The van der Waals surface area contributed by atoms with Crippen molar-refractivity contribution in [3.63, 3.8) is 0 Å². The Hall–Kier alpha value is -2.37. The van der Waals surface area contributed by atoms with Gasteiger partial charge in [-0.1, -0.05) is 41.9 Å². The Balaban J connectivity index is 1.56. The predicted octanol–water partition coefficient (Wildman–Crippen LogP) is 4.28. The first kappa shape index (κ1) is 20.4. The molecule has 0 saturated carbocycles. The number of pyridine rings is 1. The van der Waals surface area contributed by atoms with Crippen molar-refractivity contribution in [1.82, 2.24) is 4.98 Å². The predicted molar refractivity (Wildman–Crippen MR) is 114 cm³/mol. The monoisotopic (exact) mass is 376 g/mol. The molecule has 5 heteroatoms. The minimum atomic E-state index is -0.460. The Kier molecular flexibility index (Phi) is 6.06. The average Bonchev–Trinajstić information content (AvgIpc) is 2.71. The maximum atomic E-state index is 5.98. The van der Waals surface area contributed by atoms with E-state index in [-0.39, 0.29) is 0 Å². The SMILES string of the molecule is COC(C)(C)C(C)(C)O[B]c1ccc(OCc2ccc3ccccc3n2)cc1. The number of para-hydroxylation sites is 1. The van der Waals surface area contributed by atoms with Crippen molar-refractivity contribution >= 4 is 23.8 Å². The molecular weight excluding hydrogens is 349 g/mol. The van der Waals surface area contributed by atoms with Crippen LogP contribution in [0.15, 0.2) is 60.7 Å². The third kappa shape index (κ3) is 4.72. The summed E-state index contributed by atoms with van der Waals surface area (Å²) in [7, 11) is 3.46. The average molecular weight is 376 g/mol. The Morgan fingerprint density at radius 3 is 2.29 bits per heavy atom. The molecule has 0 N–H and O–H groups in total. The van der Waals surface area contributed by atoms with Gasteiger partial charge in [-0.3, -0.25) is 0 Å². The highest BCUT2D eigenvalue weighted by molar-refractivity contribution is 6.47. The quantitative estimate of drug-likeness (QED) is 0.551. The summed E-state index contributed by atoms with van der Waals surface area (Å²) in [6, 6.07) is 20.0. The Morgan fingerprint density at radius 1 is 0.857 bits per heavy atom. The molecule has 1 radical (unpaired) electrons. The highest BCUT2D eigenvalue weighted by Gasteiger charge is 2.37. The van der Waals surface area contributed by atoms with Gasteiger partial charge in [-0.25, -0.2) is 4.98 Å². The van der Waals surface area contributed by atoms with Crippen LogP contribution in [0.1, 0.15) is 33.4 Å². The van der Waals surface area contributed by atoms with Gasteiger partial charge in [0.15, 0.2) is 0 Å². The van der Waals surface area contributed by atoms with Crippen molar-refractivity contribution < 1.29 is 14.1 Å². The second kappa shape index (κ2) is 8.33. The van der Waals surface area contributed by atoms with Crippen LogP contribution >= 0.6 is 0 Å². The number of aromatic nitrogens is 1. The second-order valence-electron chi connectivity index (χ2n) is 7.81. The number of nitrogens with zero attached hydrogens (tertiary/aromatic N) is 1. The Morgan fingerprint density at radius 2 is 1.57 bits per heavy atom. The molecule has 3 aromatic rings. The van der Waals surface area contributed by atoms with E-state index in [9.17, 15) is 0 Å². The molecule has 0 atom stereocenters. The lowest BCUT2D eigenvalue weighted by Crippen LogP contribution is -2.50. The van der Waals surface area contributed by atoms with Crippen molar-refractivity contribution in [2.45, 2.75) is 45.5 Å². The number of hydrogen-bond donors (Lipinski definition) is 0. The van der Waals surface area contributed by atoms with Crippen molar-refractivity contribution in [2.75, 3.05) is 7.11 Å². The molecule has 3 rings (SSSR count). The summed E-state index contributed by atoms with van der Waals surface area (Å²) in [5, 5.41) is 1.13. The molecular formula is C23H27BNO3. The Labute approximate surface area is 168 Å². The molecule has 1 heterocycles. The van der Waals surface area contributed by atoms with Gasteiger partial charge in [-0.2, -0.15) is 0 Å². The third-order valence-electron chi connectivity index (χ3n) is 5.37. The molecule has 0 spiro atoms. The van der Waals surface area contributed by atoms with Crippen molar-refractivity contribution in [2.24, 2.45) is 0 Å². The second-order valence-corrected chi connectivity index (χ2v) is 7.81. The first-order valence-electron chi connectivity index (χ1n) is 9.44. The van der Waals surface area contributed by atoms with Crippen LogP contribution in [0.4, 0.5) is 0 Å². The van der Waals surface area contributed by atoms with E-state index in [0.717, 1.165) is 27.8 Å². The molecule has 0 fully saturated rings. The topological polar surface area (TPSA) is 40.6 Å². The lowest BCUT2D eigenvalue weighted by atomic mass is 9.82. The molecule has 28 heavy (non-hydrogen) atoms. The van der Waals surface area contributed by atoms with Gasteiger partial charge in [-0.15, -0.1) is 0 Å². The van der Waals surface area contributed by atoms with Gasteiger partial charge in [0.05, 0.1) is 22.4 Å². The van der Waals surface area contributed by atoms with E-state index in [1.807, 2.05) is 76.2 Å². The van der Waals surface area contributed by atoms with Crippen LogP contribution in [-0.2, 0) is 16.0 Å². The highest BCUT2D eigenvalue weighted by Crippen LogP contribution is 2.27. The first-order chi connectivity index (χ1) is 13.3. The van der Waals surface area contributed by atoms with Crippen LogP contribution in [0.5, 0.6) is 5.75 Å². The number of ether oxygens (including phenoxy) is 2. The standard InChI is InChI=1S/C23H27BNO3/c1-22(2,26-5)23(3,4)28-24-18-11-14-20(15-12-18)27-16-19-13-10-17-8-6-7-9-21(17)25-19/h6-15H,16H2,1-5H3. The zero-order valence-electron chi connectivity index (χ0n) is 17.2. The molecule has 0 bridgehead atoms. The molecule has 4 nitrogen and oxygen atoms in total. The first-order valence-corrected chi connectivity index (χ1v) is 9.44. The minimum absolute atomic E-state index is 0.403. The van der Waals surface area contributed by atoms with Crippen molar-refractivity contribution in [3.8, 4) is 5.75 Å². The largest absolute Gasteiger partial charge is 0.487 e. The van der Waals surface area contributed by atoms with E-state index in [1.165, 1.54) is 0 Å². The zero-order chi connectivity index (χ0) is 20.2. The van der Waals surface area contributed by atoms with Gasteiger partial charge < -0.3 is 14.1 Å². The lowest BCUT2D eigenvalue weighted by Gasteiger charge is -2.40. The maximum absolute atomic E-state index is 5.98. The minimum Gasteiger partial charge on any atom is -0.487 e. The van der Waals surface area contributed by atoms with Gasteiger partial charge in [0.1, 0.15) is 12.4 Å². The number of benzene rings is 2. The van der Waals surface area contributed by atoms with Crippen LogP contribution in [0.25, 0.3) is 10.9 Å². The van der Waals surface area contributed by atoms with Crippen LogP contribution in [0.3, 0.4) is 0 Å². The number of methoxy groups -OCH3 is 1. The van der Waals surface area contributed by atoms with E-state index in [0.29, 0.717) is 6.61 Å². The van der Waals surface area contributed by atoms with E-state index < -0.39 is 11.2 Å². The summed E-state index contributed by atoms with van der Waals surface area (Å²) in [6.07, 6.45) is 0. The molecule has 0 amide bonds. The maximum Gasteiger partial charge on any atom is 0.330 e. The lowest BCUT2D eigenvalue weighted by molar-refractivity contribution is -0.114. The normalized spacial score (nSPS) is 12.2. The van der Waals surface area contributed by atoms with E-state index in [1.54, 1.807) is 14.6 Å². The molecule has 2 aromatic carbocycles.